The second-order valence-corrected chi connectivity index (χ2v) is 6.65. The van der Waals surface area contributed by atoms with E-state index in [2.05, 4.69) is 20.2 Å². The van der Waals surface area contributed by atoms with E-state index in [4.69, 9.17) is 4.74 Å². The summed E-state index contributed by atoms with van der Waals surface area (Å²) in [5.74, 6) is 0.539. The van der Waals surface area contributed by atoms with Gasteiger partial charge in [0.1, 0.15) is 0 Å². The molecule has 0 bridgehead atoms. The number of aromatic nitrogens is 2. The maximum absolute atomic E-state index is 12.9. The highest BCUT2D eigenvalue weighted by Gasteiger charge is 2.18. The SMILES string of the molecule is Cc1nc(N2CCOCC2)nc(C)c1NC(=O)c1cccc2ccccc12. The van der Waals surface area contributed by atoms with E-state index in [1.165, 1.54) is 0 Å². The zero-order valence-corrected chi connectivity index (χ0v) is 15.5. The Labute approximate surface area is 158 Å². The van der Waals surface area contributed by atoms with Crippen LogP contribution in [0.5, 0.6) is 0 Å². The molecule has 4 rings (SSSR count). The number of nitrogens with zero attached hydrogens (tertiary/aromatic N) is 3. The van der Waals surface area contributed by atoms with Crippen molar-refractivity contribution in [2.24, 2.45) is 0 Å². The van der Waals surface area contributed by atoms with Gasteiger partial charge in [-0.1, -0.05) is 36.4 Å². The van der Waals surface area contributed by atoms with E-state index in [1.54, 1.807) is 0 Å². The molecule has 1 amide bonds. The molecule has 138 valence electrons. The van der Waals surface area contributed by atoms with Crippen LogP contribution in [0.1, 0.15) is 21.7 Å². The standard InChI is InChI=1S/C21H22N4O2/c1-14-19(15(2)23-21(22-14)25-10-12-27-13-11-25)24-20(26)18-9-5-7-16-6-3-4-8-17(16)18/h3-9H,10-13H2,1-2H3,(H,24,26). The number of carbonyl (C=O) groups excluding carboxylic acids is 1. The molecule has 6 nitrogen and oxygen atoms in total. The molecule has 1 aromatic heterocycles. The molecule has 6 heteroatoms. The number of morpholine rings is 1. The first-order valence-electron chi connectivity index (χ1n) is 9.10. The van der Waals surface area contributed by atoms with Gasteiger partial charge in [-0.2, -0.15) is 0 Å². The molecule has 0 aliphatic carbocycles. The van der Waals surface area contributed by atoms with Crippen molar-refractivity contribution < 1.29 is 9.53 Å². The van der Waals surface area contributed by atoms with Crippen molar-refractivity contribution in [3.8, 4) is 0 Å². The van der Waals surface area contributed by atoms with E-state index in [0.717, 1.165) is 35.2 Å². The molecular weight excluding hydrogens is 340 g/mol. The number of anilines is 2. The van der Waals surface area contributed by atoms with Crippen LogP contribution in [-0.2, 0) is 4.74 Å². The van der Waals surface area contributed by atoms with Gasteiger partial charge < -0.3 is 15.0 Å². The Morgan fingerprint density at radius 3 is 2.41 bits per heavy atom. The van der Waals surface area contributed by atoms with Gasteiger partial charge in [0.25, 0.3) is 5.91 Å². The fourth-order valence-corrected chi connectivity index (χ4v) is 3.39. The van der Waals surface area contributed by atoms with E-state index >= 15 is 0 Å². The molecule has 0 spiro atoms. The van der Waals surface area contributed by atoms with Gasteiger partial charge >= 0.3 is 0 Å². The van der Waals surface area contributed by atoms with Gasteiger partial charge in [-0.3, -0.25) is 4.79 Å². The van der Waals surface area contributed by atoms with Crippen molar-refractivity contribution >= 4 is 28.3 Å². The molecule has 1 N–H and O–H groups in total. The van der Waals surface area contributed by atoms with Crippen LogP contribution in [0.25, 0.3) is 10.8 Å². The molecule has 0 saturated carbocycles. The number of fused-ring (bicyclic) bond motifs is 1. The first-order chi connectivity index (χ1) is 13.1. The highest BCUT2D eigenvalue weighted by atomic mass is 16.5. The lowest BCUT2D eigenvalue weighted by Crippen LogP contribution is -2.37. The molecule has 1 saturated heterocycles. The molecule has 2 aromatic carbocycles. The van der Waals surface area contributed by atoms with Crippen LogP contribution >= 0.6 is 0 Å². The Morgan fingerprint density at radius 2 is 1.67 bits per heavy atom. The second-order valence-electron chi connectivity index (χ2n) is 6.65. The van der Waals surface area contributed by atoms with Gasteiger partial charge in [0, 0.05) is 18.7 Å². The minimum Gasteiger partial charge on any atom is -0.378 e. The predicted octanol–water partition coefficient (Wildman–Crippen LogP) is 3.34. The summed E-state index contributed by atoms with van der Waals surface area (Å²) in [4.78, 5) is 24.3. The number of nitrogens with one attached hydrogen (secondary N) is 1. The van der Waals surface area contributed by atoms with Crippen molar-refractivity contribution in [2.45, 2.75) is 13.8 Å². The van der Waals surface area contributed by atoms with E-state index in [9.17, 15) is 4.79 Å². The fourth-order valence-electron chi connectivity index (χ4n) is 3.39. The van der Waals surface area contributed by atoms with Gasteiger partial charge in [-0.15, -0.1) is 0 Å². The summed E-state index contributed by atoms with van der Waals surface area (Å²) in [6, 6.07) is 13.6. The molecule has 1 aliphatic heterocycles. The minimum absolute atomic E-state index is 0.152. The first kappa shape index (κ1) is 17.4. The monoisotopic (exact) mass is 362 g/mol. The molecule has 2 heterocycles. The number of amides is 1. The second kappa shape index (κ2) is 7.32. The zero-order valence-electron chi connectivity index (χ0n) is 15.5. The Bertz CT molecular complexity index is 968. The van der Waals surface area contributed by atoms with Crippen molar-refractivity contribution in [2.75, 3.05) is 36.5 Å². The summed E-state index contributed by atoms with van der Waals surface area (Å²) in [7, 11) is 0. The summed E-state index contributed by atoms with van der Waals surface area (Å²) < 4.78 is 5.39. The quantitative estimate of drug-likeness (QED) is 0.774. The van der Waals surface area contributed by atoms with E-state index in [1.807, 2.05) is 56.3 Å². The zero-order chi connectivity index (χ0) is 18.8. The third kappa shape index (κ3) is 3.48. The summed E-state index contributed by atoms with van der Waals surface area (Å²) in [6.07, 6.45) is 0. The lowest BCUT2D eigenvalue weighted by atomic mass is 10.0. The van der Waals surface area contributed by atoms with Crippen LogP contribution in [0, 0.1) is 13.8 Å². The fraction of sp³-hybridized carbons (Fsp3) is 0.286. The smallest absolute Gasteiger partial charge is 0.256 e. The average molecular weight is 362 g/mol. The minimum atomic E-state index is -0.152. The van der Waals surface area contributed by atoms with E-state index in [0.29, 0.717) is 30.4 Å². The average Bonchev–Trinajstić information content (AvgIpc) is 2.70. The van der Waals surface area contributed by atoms with Gasteiger partial charge in [0.05, 0.1) is 30.3 Å². The molecule has 1 aliphatic rings. The summed E-state index contributed by atoms with van der Waals surface area (Å²) in [5, 5.41) is 4.98. The molecule has 1 fully saturated rings. The summed E-state index contributed by atoms with van der Waals surface area (Å²) in [6.45, 7) is 6.72. The van der Waals surface area contributed by atoms with Crippen LogP contribution in [-0.4, -0.2) is 42.2 Å². The van der Waals surface area contributed by atoms with Crippen LogP contribution in [0.3, 0.4) is 0 Å². The number of benzene rings is 2. The third-order valence-corrected chi connectivity index (χ3v) is 4.83. The number of aryl methyl sites for hydroxylation is 2. The van der Waals surface area contributed by atoms with E-state index in [-0.39, 0.29) is 5.91 Å². The van der Waals surface area contributed by atoms with Gasteiger partial charge in [-0.25, -0.2) is 9.97 Å². The maximum atomic E-state index is 12.9. The topological polar surface area (TPSA) is 67.3 Å². The van der Waals surface area contributed by atoms with Gasteiger partial charge in [-0.05, 0) is 30.7 Å². The highest BCUT2D eigenvalue weighted by Crippen LogP contribution is 2.24. The number of hydrogen-bond donors (Lipinski definition) is 1. The number of carbonyl (C=O) groups is 1. The Morgan fingerprint density at radius 1 is 1.00 bits per heavy atom. The highest BCUT2D eigenvalue weighted by molar-refractivity contribution is 6.13. The van der Waals surface area contributed by atoms with Gasteiger partial charge in [0.2, 0.25) is 5.95 Å². The molecule has 0 atom stereocenters. The first-order valence-corrected chi connectivity index (χ1v) is 9.10. The maximum Gasteiger partial charge on any atom is 0.256 e. The van der Waals surface area contributed by atoms with Crippen molar-refractivity contribution in [3.63, 3.8) is 0 Å². The Hall–Kier alpha value is -2.99. The molecule has 3 aromatic rings. The molecule has 27 heavy (non-hydrogen) atoms. The summed E-state index contributed by atoms with van der Waals surface area (Å²) in [5.41, 5.74) is 2.84. The van der Waals surface area contributed by atoms with E-state index < -0.39 is 0 Å². The predicted molar refractivity (Wildman–Crippen MR) is 106 cm³/mol. The normalized spacial score (nSPS) is 14.4. The third-order valence-electron chi connectivity index (χ3n) is 4.83. The van der Waals surface area contributed by atoms with Crippen molar-refractivity contribution in [1.29, 1.82) is 0 Å². The number of rotatable bonds is 3. The lowest BCUT2D eigenvalue weighted by Gasteiger charge is -2.27. The van der Waals surface area contributed by atoms with Crippen LogP contribution < -0.4 is 10.2 Å². The largest absolute Gasteiger partial charge is 0.378 e. The number of ether oxygens (including phenoxy) is 1. The number of hydrogen-bond acceptors (Lipinski definition) is 5. The Kier molecular flexibility index (Phi) is 4.73. The molecular formula is C21H22N4O2. The van der Waals surface area contributed by atoms with Crippen molar-refractivity contribution in [1.82, 2.24) is 9.97 Å². The Balaban J connectivity index is 1.63. The van der Waals surface area contributed by atoms with Crippen molar-refractivity contribution in [3.05, 3.63) is 59.4 Å². The van der Waals surface area contributed by atoms with Crippen LogP contribution in [0.4, 0.5) is 11.6 Å². The van der Waals surface area contributed by atoms with Crippen LogP contribution in [0.2, 0.25) is 0 Å². The molecule has 0 radical (unpaired) electrons. The molecule has 0 unspecified atom stereocenters. The lowest BCUT2D eigenvalue weighted by molar-refractivity contribution is 0.102. The van der Waals surface area contributed by atoms with Gasteiger partial charge in [0.15, 0.2) is 0 Å². The van der Waals surface area contributed by atoms with Crippen LogP contribution in [0.15, 0.2) is 42.5 Å². The summed E-state index contributed by atoms with van der Waals surface area (Å²) >= 11 is 0.